The highest BCUT2D eigenvalue weighted by molar-refractivity contribution is 5.72. The van der Waals surface area contributed by atoms with Gasteiger partial charge in [-0.25, -0.2) is 0 Å². The van der Waals surface area contributed by atoms with Crippen LogP contribution in [0.25, 0.3) is 0 Å². The molecule has 4 aromatic rings. The van der Waals surface area contributed by atoms with E-state index in [2.05, 4.69) is 50.6 Å². The van der Waals surface area contributed by atoms with Crippen LogP contribution in [-0.2, 0) is 0 Å². The van der Waals surface area contributed by atoms with Gasteiger partial charge in [0.15, 0.2) is 46.0 Å². The van der Waals surface area contributed by atoms with Crippen molar-refractivity contribution in [2.45, 2.75) is 229 Å². The molecule has 4 aromatic carbocycles. The summed E-state index contributed by atoms with van der Waals surface area (Å²) in [6, 6.07) is 8.69. The van der Waals surface area contributed by atoms with Gasteiger partial charge in [-0.05, 0) is 101 Å². The lowest BCUT2D eigenvalue weighted by Gasteiger charge is -2.36. The third kappa shape index (κ3) is 14.6. The van der Waals surface area contributed by atoms with Crippen LogP contribution in [-0.4, -0.2) is 47.6 Å². The Hall–Kier alpha value is -6.56. The standard InChI is InChI=1S/C72H96O12/c1-5-9-13-17-21-25-29-33-37-49-53-41-55-50(38-34-30-26-22-18-14-10-6-2)57-43-59-52(40-36-32-28-24-20-16-12-8-4)60-44-58-51(39-35-31-27-23-19-15-11-7-3)56-42-54(49)66-62(74)68(56)80-47-82-70(58)64(76)72(60)84-48-83-71(59)63(75)69(57)81-46-79-67(55)61(73)65(53)77-45-78-66/h5-8,41-44,49-52,73-76H,1-4,9-40,45-48H2. The Kier molecular flexibility index (Phi) is 23.3. The number of phenols is 4. The first kappa shape index (κ1) is 62.0. The summed E-state index contributed by atoms with van der Waals surface area (Å²) >= 11 is 0. The largest absolute Gasteiger partial charge is 0.502 e. The van der Waals surface area contributed by atoms with Crippen LogP contribution in [0.4, 0.5) is 0 Å². The highest BCUT2D eigenvalue weighted by Gasteiger charge is 2.42. The predicted octanol–water partition coefficient (Wildman–Crippen LogP) is 19.5. The van der Waals surface area contributed by atoms with Crippen LogP contribution in [0.3, 0.4) is 0 Å². The molecule has 0 saturated heterocycles. The molecule has 12 heteroatoms. The van der Waals surface area contributed by atoms with Gasteiger partial charge in [0, 0.05) is 68.2 Å². The number of benzene rings is 4. The Morgan fingerprint density at radius 3 is 0.583 bits per heavy atom. The van der Waals surface area contributed by atoms with Gasteiger partial charge in [0.25, 0.3) is 0 Å². The van der Waals surface area contributed by atoms with Gasteiger partial charge in [-0.3, -0.25) is 0 Å². The van der Waals surface area contributed by atoms with Crippen LogP contribution in [0.2, 0.25) is 0 Å². The quantitative estimate of drug-likeness (QED) is 0.0253. The first-order valence-corrected chi connectivity index (χ1v) is 32.4. The average Bonchev–Trinajstić information content (AvgIpc) is 1.08. The molecule has 9 rings (SSSR count). The van der Waals surface area contributed by atoms with Crippen LogP contribution >= 0.6 is 0 Å². The molecule has 0 aromatic heterocycles. The van der Waals surface area contributed by atoms with E-state index in [-0.39, 0.29) is 96.2 Å². The third-order valence-electron chi connectivity index (χ3n) is 18.3. The van der Waals surface area contributed by atoms with E-state index >= 15 is 0 Å². The van der Waals surface area contributed by atoms with E-state index in [0.29, 0.717) is 25.7 Å². The molecule has 0 unspecified atom stereocenters. The van der Waals surface area contributed by atoms with Crippen LogP contribution in [0.1, 0.15) is 274 Å². The Labute approximate surface area is 500 Å². The van der Waals surface area contributed by atoms with Crippen molar-refractivity contribution in [2.24, 2.45) is 0 Å². The van der Waals surface area contributed by atoms with Gasteiger partial charge >= 0.3 is 0 Å². The van der Waals surface area contributed by atoms with Gasteiger partial charge < -0.3 is 58.3 Å². The molecule has 84 heavy (non-hydrogen) atoms. The third-order valence-corrected chi connectivity index (χ3v) is 18.3. The molecule has 0 saturated carbocycles. The fourth-order valence-electron chi connectivity index (χ4n) is 13.9. The summed E-state index contributed by atoms with van der Waals surface area (Å²) in [6.07, 6.45) is 39.7. The minimum Gasteiger partial charge on any atom is -0.502 e. The normalized spacial score (nSPS) is 17.6. The van der Waals surface area contributed by atoms with E-state index in [9.17, 15) is 20.4 Å². The van der Waals surface area contributed by atoms with Crippen molar-refractivity contribution in [2.75, 3.05) is 27.2 Å². The molecule has 0 spiro atoms. The molecular formula is C72H96O12. The minimum atomic E-state index is -0.442. The van der Waals surface area contributed by atoms with Crippen molar-refractivity contribution in [3.05, 3.63) is 119 Å². The molecule has 1 aliphatic carbocycles. The van der Waals surface area contributed by atoms with E-state index in [4.69, 9.17) is 37.9 Å². The molecular weight excluding hydrogens is 1060 g/mol. The Bertz CT molecular complexity index is 2350. The van der Waals surface area contributed by atoms with Crippen LogP contribution < -0.4 is 37.9 Å². The minimum absolute atomic E-state index is 0.140. The number of unbranched alkanes of at least 4 members (excludes halogenated alkanes) is 24. The first-order chi connectivity index (χ1) is 41.3. The molecule has 4 aliphatic heterocycles. The molecule has 0 amide bonds. The van der Waals surface area contributed by atoms with Crippen molar-refractivity contribution in [3.8, 4) is 69.0 Å². The fraction of sp³-hybridized carbons (Fsp3) is 0.556. The maximum atomic E-state index is 12.9. The zero-order valence-electron chi connectivity index (χ0n) is 50.3. The van der Waals surface area contributed by atoms with Crippen molar-refractivity contribution < 1.29 is 58.3 Å². The Morgan fingerprint density at radius 2 is 0.417 bits per heavy atom. The van der Waals surface area contributed by atoms with Gasteiger partial charge in [-0.2, -0.15) is 0 Å². The summed E-state index contributed by atoms with van der Waals surface area (Å²) in [5, 5.41) is 51.6. The summed E-state index contributed by atoms with van der Waals surface area (Å²) in [5.41, 5.74) is 6.10. The summed E-state index contributed by atoms with van der Waals surface area (Å²) in [4.78, 5) is 0. The molecule has 4 N–H and O–H groups in total. The van der Waals surface area contributed by atoms with Crippen molar-refractivity contribution in [3.63, 3.8) is 0 Å². The van der Waals surface area contributed by atoms with E-state index in [1.807, 2.05) is 24.3 Å². The van der Waals surface area contributed by atoms with Gasteiger partial charge in [0.1, 0.15) is 0 Å². The SMILES string of the molecule is C=CCCCCCCCCC1c2cc3c4c(O)c2OCOc2c1cc1c(c2O)OCOc2c(cc5c(c2O)OCOc2c(cc(c(c2O)OCO4)C3CCCCCCCCC=C)C5CCCCCCCCC=C)C1CCCCCCCCC=C. The first-order valence-electron chi connectivity index (χ1n) is 32.4. The summed E-state index contributed by atoms with van der Waals surface area (Å²) in [6.45, 7) is 14.4. The zero-order chi connectivity index (χ0) is 58.6. The molecule has 0 radical (unpaired) electrons. The predicted molar refractivity (Wildman–Crippen MR) is 333 cm³/mol. The Balaban J connectivity index is 1.27. The smallest absolute Gasteiger partial charge is 0.231 e. The number of aromatic hydroxyl groups is 4. The zero-order valence-corrected chi connectivity index (χ0v) is 50.3. The second kappa shape index (κ2) is 31.5. The molecule has 0 fully saturated rings. The van der Waals surface area contributed by atoms with Crippen molar-refractivity contribution >= 4 is 0 Å². The number of allylic oxidation sites excluding steroid dienone is 4. The van der Waals surface area contributed by atoms with E-state index in [0.717, 1.165) is 224 Å². The molecule has 456 valence electrons. The highest BCUT2D eigenvalue weighted by Crippen LogP contribution is 2.62. The van der Waals surface area contributed by atoms with Crippen LogP contribution in [0.15, 0.2) is 74.9 Å². The van der Waals surface area contributed by atoms with Crippen molar-refractivity contribution in [1.29, 1.82) is 0 Å². The molecule has 5 aliphatic rings. The molecule has 0 atom stereocenters. The second-order valence-electron chi connectivity index (χ2n) is 24.0. The van der Waals surface area contributed by atoms with Crippen LogP contribution in [0, 0.1) is 0 Å². The van der Waals surface area contributed by atoms with Crippen molar-refractivity contribution in [1.82, 2.24) is 0 Å². The van der Waals surface area contributed by atoms with E-state index in [1.165, 1.54) is 0 Å². The van der Waals surface area contributed by atoms with Crippen LogP contribution in [0.5, 0.6) is 69.0 Å². The lowest BCUT2D eigenvalue weighted by atomic mass is 9.75. The molecule has 8 bridgehead atoms. The van der Waals surface area contributed by atoms with Gasteiger partial charge in [0.05, 0.1) is 0 Å². The van der Waals surface area contributed by atoms with Gasteiger partial charge in [0.2, 0.25) is 50.2 Å². The highest BCUT2D eigenvalue weighted by atomic mass is 16.7. The van der Waals surface area contributed by atoms with E-state index < -0.39 is 23.7 Å². The molecule has 4 heterocycles. The summed E-state index contributed by atoms with van der Waals surface area (Å²) in [7, 11) is 0. The van der Waals surface area contributed by atoms with E-state index in [1.54, 1.807) is 0 Å². The maximum Gasteiger partial charge on any atom is 0.231 e. The summed E-state index contributed by atoms with van der Waals surface area (Å²) in [5.74, 6) is -0.239. The topological polar surface area (TPSA) is 155 Å². The second-order valence-corrected chi connectivity index (χ2v) is 24.0. The number of hydrogen-bond donors (Lipinski definition) is 4. The number of phenolic OH excluding ortho intramolecular Hbond substituents is 4. The molecule has 12 nitrogen and oxygen atoms in total. The Morgan fingerprint density at radius 1 is 0.262 bits per heavy atom. The fourth-order valence-corrected chi connectivity index (χ4v) is 13.9. The number of hydrogen-bond acceptors (Lipinski definition) is 12. The number of rotatable bonds is 36. The number of ether oxygens (including phenoxy) is 8. The lowest BCUT2D eigenvalue weighted by Crippen LogP contribution is -2.23. The van der Waals surface area contributed by atoms with Gasteiger partial charge in [-0.1, -0.05) is 153 Å². The summed E-state index contributed by atoms with van der Waals surface area (Å²) < 4.78 is 52.4. The average molecular weight is 1150 g/mol. The maximum absolute atomic E-state index is 12.9. The van der Waals surface area contributed by atoms with Gasteiger partial charge in [-0.15, -0.1) is 26.3 Å². The lowest BCUT2D eigenvalue weighted by molar-refractivity contribution is 0.0865. The monoisotopic (exact) mass is 1150 g/mol.